The van der Waals surface area contributed by atoms with Gasteiger partial charge in [-0.05, 0) is 36.4 Å². The summed E-state index contributed by atoms with van der Waals surface area (Å²) in [5.41, 5.74) is 0. The van der Waals surface area contributed by atoms with Crippen molar-refractivity contribution in [2.45, 2.75) is 4.90 Å². The van der Waals surface area contributed by atoms with Crippen LogP contribution in [0, 0.1) is 11.6 Å². The highest BCUT2D eigenvalue weighted by atomic mass is 32.2. The smallest absolute Gasteiger partial charge is 0.246 e. The van der Waals surface area contributed by atoms with E-state index < -0.39 is 26.6 Å². The zero-order valence-corrected chi connectivity index (χ0v) is 14.5. The lowest BCUT2D eigenvalue weighted by Gasteiger charge is -2.33. The molecule has 9 heteroatoms. The van der Waals surface area contributed by atoms with Crippen LogP contribution in [0.15, 0.2) is 52.0 Å². The number of rotatable bonds is 4. The van der Waals surface area contributed by atoms with E-state index in [0.717, 1.165) is 16.4 Å². The van der Waals surface area contributed by atoms with Crippen LogP contribution in [-0.4, -0.2) is 49.7 Å². The highest BCUT2D eigenvalue weighted by Crippen LogP contribution is 2.21. The SMILES string of the molecule is O=C(C=Cc1ccco1)N1CCN(S(=O)(=O)c2cc(F)ccc2F)CC1. The molecule has 0 N–H and O–H groups in total. The maximum Gasteiger partial charge on any atom is 0.246 e. The van der Waals surface area contributed by atoms with Gasteiger partial charge in [0.15, 0.2) is 0 Å². The first kappa shape index (κ1) is 18.3. The van der Waals surface area contributed by atoms with Crippen molar-refractivity contribution in [1.82, 2.24) is 9.21 Å². The molecular formula is C17H16F2N2O4S. The fourth-order valence-electron chi connectivity index (χ4n) is 2.61. The molecule has 2 heterocycles. The largest absolute Gasteiger partial charge is 0.465 e. The Kier molecular flexibility index (Phi) is 5.19. The van der Waals surface area contributed by atoms with Gasteiger partial charge in [-0.1, -0.05) is 0 Å². The number of carbonyl (C=O) groups excluding carboxylic acids is 1. The van der Waals surface area contributed by atoms with E-state index in [1.54, 1.807) is 12.1 Å². The van der Waals surface area contributed by atoms with Gasteiger partial charge in [-0.3, -0.25) is 4.79 Å². The summed E-state index contributed by atoms with van der Waals surface area (Å²) in [6.45, 7) is 0.298. The van der Waals surface area contributed by atoms with Crippen LogP contribution < -0.4 is 0 Å². The minimum Gasteiger partial charge on any atom is -0.465 e. The van der Waals surface area contributed by atoms with E-state index in [2.05, 4.69) is 0 Å². The molecule has 6 nitrogen and oxygen atoms in total. The highest BCUT2D eigenvalue weighted by Gasteiger charge is 2.31. The summed E-state index contributed by atoms with van der Waals surface area (Å²) in [7, 11) is -4.16. The lowest BCUT2D eigenvalue weighted by molar-refractivity contribution is -0.127. The first-order valence-electron chi connectivity index (χ1n) is 7.83. The predicted molar refractivity (Wildman–Crippen MR) is 89.4 cm³/mol. The third kappa shape index (κ3) is 3.83. The maximum atomic E-state index is 13.8. The fourth-order valence-corrected chi connectivity index (χ4v) is 4.11. The van der Waals surface area contributed by atoms with E-state index in [1.165, 1.54) is 23.3 Å². The Morgan fingerprint density at radius 2 is 1.85 bits per heavy atom. The molecule has 0 radical (unpaired) electrons. The van der Waals surface area contributed by atoms with Gasteiger partial charge in [-0.25, -0.2) is 17.2 Å². The number of piperazine rings is 1. The van der Waals surface area contributed by atoms with E-state index >= 15 is 0 Å². The molecule has 0 unspecified atom stereocenters. The van der Waals surface area contributed by atoms with Crippen LogP contribution in [0.3, 0.4) is 0 Å². The predicted octanol–water partition coefficient (Wildman–Crippen LogP) is 2.10. The number of benzene rings is 1. The van der Waals surface area contributed by atoms with E-state index in [-0.39, 0.29) is 32.1 Å². The molecule has 26 heavy (non-hydrogen) atoms. The maximum absolute atomic E-state index is 13.8. The molecule has 3 rings (SSSR count). The molecule has 1 fully saturated rings. The third-order valence-electron chi connectivity index (χ3n) is 3.99. The summed E-state index contributed by atoms with van der Waals surface area (Å²) in [6.07, 6.45) is 4.35. The monoisotopic (exact) mass is 382 g/mol. The van der Waals surface area contributed by atoms with Gasteiger partial charge in [0, 0.05) is 32.3 Å². The standard InChI is InChI=1S/C17H16F2N2O4S/c18-13-3-5-15(19)16(12-13)26(23,24)21-9-7-20(8-10-21)17(22)6-4-14-2-1-11-25-14/h1-6,11-12H,7-10H2. The van der Waals surface area contributed by atoms with Gasteiger partial charge in [-0.2, -0.15) is 4.31 Å². The number of hydrogen-bond acceptors (Lipinski definition) is 4. The molecule has 0 saturated carbocycles. The van der Waals surface area contributed by atoms with Crippen LogP contribution in [-0.2, 0) is 14.8 Å². The molecule has 1 saturated heterocycles. The minimum atomic E-state index is -4.16. The van der Waals surface area contributed by atoms with Gasteiger partial charge in [0.1, 0.15) is 22.3 Å². The number of nitrogens with zero attached hydrogens (tertiary/aromatic N) is 2. The van der Waals surface area contributed by atoms with E-state index in [1.807, 2.05) is 0 Å². The lowest BCUT2D eigenvalue weighted by Crippen LogP contribution is -2.50. The van der Waals surface area contributed by atoms with Crippen molar-refractivity contribution in [1.29, 1.82) is 0 Å². The number of amides is 1. The second-order valence-corrected chi connectivity index (χ2v) is 7.56. The molecule has 138 valence electrons. The normalized spacial score (nSPS) is 16.3. The Hall–Kier alpha value is -2.52. The van der Waals surface area contributed by atoms with Crippen LogP contribution >= 0.6 is 0 Å². The van der Waals surface area contributed by atoms with Crippen molar-refractivity contribution in [2.24, 2.45) is 0 Å². The number of sulfonamides is 1. The van der Waals surface area contributed by atoms with Crippen molar-refractivity contribution in [3.63, 3.8) is 0 Å². The fraction of sp³-hybridized carbons (Fsp3) is 0.235. The second-order valence-electron chi connectivity index (χ2n) is 5.65. The summed E-state index contributed by atoms with van der Waals surface area (Å²) in [5.74, 6) is -1.59. The highest BCUT2D eigenvalue weighted by molar-refractivity contribution is 7.89. The topological polar surface area (TPSA) is 70.8 Å². The third-order valence-corrected chi connectivity index (χ3v) is 5.91. The van der Waals surface area contributed by atoms with Crippen LogP contribution in [0.5, 0.6) is 0 Å². The molecule has 0 spiro atoms. The van der Waals surface area contributed by atoms with Crippen molar-refractivity contribution >= 4 is 22.0 Å². The van der Waals surface area contributed by atoms with Crippen molar-refractivity contribution in [3.8, 4) is 0 Å². The van der Waals surface area contributed by atoms with Crippen molar-refractivity contribution in [2.75, 3.05) is 26.2 Å². The molecule has 1 aliphatic rings. The quantitative estimate of drug-likeness (QED) is 0.760. The van der Waals surface area contributed by atoms with E-state index in [9.17, 15) is 22.0 Å². The first-order chi connectivity index (χ1) is 12.4. The van der Waals surface area contributed by atoms with Crippen molar-refractivity contribution < 1.29 is 26.4 Å². The number of carbonyl (C=O) groups is 1. The van der Waals surface area contributed by atoms with Gasteiger partial charge in [-0.15, -0.1) is 0 Å². The summed E-state index contributed by atoms with van der Waals surface area (Å²) < 4.78 is 58.3. The van der Waals surface area contributed by atoms with Crippen LogP contribution in [0.25, 0.3) is 6.08 Å². The molecule has 1 aromatic carbocycles. The summed E-state index contributed by atoms with van der Waals surface area (Å²) in [6, 6.07) is 5.69. The van der Waals surface area contributed by atoms with Gasteiger partial charge in [0.25, 0.3) is 0 Å². The Labute approximate surface area is 149 Å². The van der Waals surface area contributed by atoms with E-state index in [0.29, 0.717) is 11.8 Å². The van der Waals surface area contributed by atoms with Gasteiger partial charge in [0.2, 0.25) is 15.9 Å². The number of furan rings is 1. The molecule has 1 aromatic heterocycles. The Morgan fingerprint density at radius 1 is 1.12 bits per heavy atom. The molecule has 1 aliphatic heterocycles. The Morgan fingerprint density at radius 3 is 2.50 bits per heavy atom. The van der Waals surface area contributed by atoms with E-state index in [4.69, 9.17) is 4.42 Å². The Balaban J connectivity index is 1.66. The van der Waals surface area contributed by atoms with Gasteiger partial charge >= 0.3 is 0 Å². The number of halogens is 2. The molecule has 0 bridgehead atoms. The zero-order valence-electron chi connectivity index (χ0n) is 13.6. The van der Waals surface area contributed by atoms with Gasteiger partial charge < -0.3 is 9.32 Å². The second kappa shape index (κ2) is 7.38. The van der Waals surface area contributed by atoms with Crippen LogP contribution in [0.4, 0.5) is 8.78 Å². The van der Waals surface area contributed by atoms with Crippen LogP contribution in [0.1, 0.15) is 5.76 Å². The summed E-state index contributed by atoms with van der Waals surface area (Å²) in [5, 5.41) is 0. The molecule has 0 atom stereocenters. The zero-order chi connectivity index (χ0) is 18.7. The summed E-state index contributed by atoms with van der Waals surface area (Å²) in [4.78, 5) is 12.9. The number of hydrogen-bond donors (Lipinski definition) is 0. The summed E-state index contributed by atoms with van der Waals surface area (Å²) >= 11 is 0. The molecular weight excluding hydrogens is 366 g/mol. The molecule has 1 amide bonds. The Bertz CT molecular complexity index is 918. The van der Waals surface area contributed by atoms with Crippen molar-refractivity contribution in [3.05, 3.63) is 60.1 Å². The average molecular weight is 382 g/mol. The minimum absolute atomic E-state index is 0.00137. The molecule has 0 aliphatic carbocycles. The van der Waals surface area contributed by atoms with Crippen LogP contribution in [0.2, 0.25) is 0 Å². The van der Waals surface area contributed by atoms with Gasteiger partial charge in [0.05, 0.1) is 6.26 Å². The lowest BCUT2D eigenvalue weighted by atomic mass is 10.3. The first-order valence-corrected chi connectivity index (χ1v) is 9.27. The average Bonchev–Trinajstić information content (AvgIpc) is 3.15. The molecule has 2 aromatic rings.